The molecule has 0 spiro atoms. The molecule has 0 aromatic heterocycles. The molecule has 40 heavy (non-hydrogen) atoms. The summed E-state index contributed by atoms with van der Waals surface area (Å²) in [6.07, 6.45) is 2.54. The van der Waals surface area contributed by atoms with Gasteiger partial charge in [0.2, 0.25) is 0 Å². The van der Waals surface area contributed by atoms with Crippen LogP contribution in [0.25, 0.3) is 6.08 Å². The maximum Gasteiger partial charge on any atom is 0.344 e. The van der Waals surface area contributed by atoms with Crippen molar-refractivity contribution in [2.75, 3.05) is 61.6 Å². The highest BCUT2D eigenvalue weighted by molar-refractivity contribution is 7.93. The van der Waals surface area contributed by atoms with Gasteiger partial charge in [0, 0.05) is 30.9 Å². The van der Waals surface area contributed by atoms with Crippen LogP contribution in [0.4, 0.5) is 0 Å². The minimum atomic E-state index is -3.73. The van der Waals surface area contributed by atoms with E-state index < -0.39 is 23.2 Å². The van der Waals surface area contributed by atoms with Crippen molar-refractivity contribution in [3.63, 3.8) is 0 Å². The highest BCUT2D eigenvalue weighted by Gasteiger charge is 2.16. The zero-order valence-electron chi connectivity index (χ0n) is 23.6. The number of ether oxygens (including phenoxy) is 6. The second-order valence-corrected chi connectivity index (χ2v) is 13.5. The van der Waals surface area contributed by atoms with Crippen LogP contribution in [0.5, 0.6) is 28.7 Å². The molecule has 0 radical (unpaired) electrons. The van der Waals surface area contributed by atoms with Gasteiger partial charge in [-0.3, -0.25) is 4.57 Å². The molecule has 0 unspecified atom stereocenters. The van der Waals surface area contributed by atoms with E-state index in [0.29, 0.717) is 53.6 Å². The summed E-state index contributed by atoms with van der Waals surface area (Å²) in [6.45, 7) is 3.17. The van der Waals surface area contributed by atoms with Crippen LogP contribution in [0.3, 0.4) is 0 Å². The number of esters is 1. The van der Waals surface area contributed by atoms with E-state index in [2.05, 4.69) is 0 Å². The van der Waals surface area contributed by atoms with E-state index in [1.54, 1.807) is 24.3 Å². The van der Waals surface area contributed by atoms with Gasteiger partial charge in [-0.15, -0.1) is 0 Å². The summed E-state index contributed by atoms with van der Waals surface area (Å²) >= 11 is 0. The predicted octanol–water partition coefficient (Wildman–Crippen LogP) is 4.56. The quantitative estimate of drug-likeness (QED) is 0.144. The molecule has 0 amide bonds. The fourth-order valence-electron chi connectivity index (χ4n) is 3.43. The lowest BCUT2D eigenvalue weighted by Gasteiger charge is -2.13. The monoisotopic (exact) mass is 600 g/mol. The summed E-state index contributed by atoms with van der Waals surface area (Å²) in [6, 6.07) is 7.90. The Labute approximate surface area is 235 Å². The van der Waals surface area contributed by atoms with Crippen LogP contribution in [0.2, 0.25) is 0 Å². The van der Waals surface area contributed by atoms with Crippen LogP contribution in [0.15, 0.2) is 35.7 Å². The van der Waals surface area contributed by atoms with Crippen molar-refractivity contribution in [1.29, 1.82) is 0 Å². The molecule has 0 saturated heterocycles. The van der Waals surface area contributed by atoms with Crippen molar-refractivity contribution in [3.8, 4) is 28.7 Å². The van der Waals surface area contributed by atoms with E-state index in [1.165, 1.54) is 53.9 Å². The lowest BCUT2D eigenvalue weighted by Crippen LogP contribution is -2.16. The summed E-state index contributed by atoms with van der Waals surface area (Å²) in [5, 5.41) is 1.08. The van der Waals surface area contributed by atoms with Crippen LogP contribution in [0.1, 0.15) is 24.0 Å². The third kappa shape index (κ3) is 11.1. The summed E-state index contributed by atoms with van der Waals surface area (Å²) in [4.78, 5) is 12.1. The number of methoxy groups -OCH3 is 4. The lowest BCUT2D eigenvalue weighted by atomic mass is 10.1. The average Bonchev–Trinajstić information content (AvgIpc) is 2.91. The van der Waals surface area contributed by atoms with E-state index in [4.69, 9.17) is 32.9 Å². The summed E-state index contributed by atoms with van der Waals surface area (Å²) in [7, 11) is -0.404. The first-order valence-corrected chi connectivity index (χ1v) is 16.5. The molecule has 0 fully saturated rings. The molecule has 2 aromatic rings. The van der Waals surface area contributed by atoms with Crippen LogP contribution in [-0.4, -0.2) is 76.0 Å². The lowest BCUT2D eigenvalue weighted by molar-refractivity contribution is -0.146. The van der Waals surface area contributed by atoms with Gasteiger partial charge in [0.05, 0.1) is 53.0 Å². The largest absolute Gasteiger partial charge is 0.496 e. The Balaban J connectivity index is 2.03. The first kappa shape index (κ1) is 33.0. The second-order valence-electron chi connectivity index (χ2n) is 8.84. The number of hydrogen-bond donors (Lipinski definition) is 0. The average molecular weight is 601 g/mol. The van der Waals surface area contributed by atoms with E-state index in [9.17, 15) is 17.8 Å². The Morgan fingerprint density at radius 2 is 1.48 bits per heavy atom. The number of hydrogen-bond acceptors (Lipinski definition) is 11. The number of carbonyl (C=O) groups is 1. The Morgan fingerprint density at radius 3 is 2.05 bits per heavy atom. The van der Waals surface area contributed by atoms with Crippen molar-refractivity contribution in [2.24, 2.45) is 0 Å². The van der Waals surface area contributed by atoms with Gasteiger partial charge in [-0.05, 0) is 36.6 Å². The minimum Gasteiger partial charge on any atom is -0.496 e. The maximum absolute atomic E-state index is 12.9. The van der Waals surface area contributed by atoms with Crippen LogP contribution < -0.4 is 23.7 Å². The van der Waals surface area contributed by atoms with Gasteiger partial charge < -0.3 is 32.9 Å². The molecule has 0 saturated carbocycles. The van der Waals surface area contributed by atoms with Crippen molar-refractivity contribution in [2.45, 2.75) is 18.6 Å². The van der Waals surface area contributed by atoms with Crippen LogP contribution in [-0.2, 0) is 34.2 Å². The molecule has 222 valence electrons. The summed E-state index contributed by atoms with van der Waals surface area (Å²) < 4.78 is 74.5. The molecule has 0 bridgehead atoms. The molecular weight excluding hydrogens is 563 g/mol. The zero-order valence-corrected chi connectivity index (χ0v) is 25.3. The normalized spacial score (nSPS) is 11.8. The molecule has 2 aromatic carbocycles. The highest BCUT2D eigenvalue weighted by Crippen LogP contribution is 2.37. The molecule has 13 heteroatoms. The molecule has 0 aliphatic heterocycles. The molecule has 0 aliphatic rings. The Bertz CT molecular complexity index is 1290. The van der Waals surface area contributed by atoms with Gasteiger partial charge in [-0.2, -0.15) is 0 Å². The SMILES string of the molecule is COc1cc(OC)c(/C=C/S(=O)(=O)Cc2ccc(OC)c(OCC(=O)OCCCCOP(C)(C)=O)c2)c(OC)c1. The fourth-order valence-corrected chi connectivity index (χ4v) is 5.08. The van der Waals surface area contributed by atoms with Gasteiger partial charge in [0.25, 0.3) is 0 Å². The molecule has 0 N–H and O–H groups in total. The van der Waals surface area contributed by atoms with Crippen LogP contribution >= 0.6 is 7.37 Å². The van der Waals surface area contributed by atoms with E-state index in [-0.39, 0.29) is 24.7 Å². The van der Waals surface area contributed by atoms with Gasteiger partial charge in [-0.25, -0.2) is 13.2 Å². The van der Waals surface area contributed by atoms with Crippen molar-refractivity contribution in [3.05, 3.63) is 46.9 Å². The van der Waals surface area contributed by atoms with Gasteiger partial charge >= 0.3 is 5.97 Å². The molecule has 0 atom stereocenters. The van der Waals surface area contributed by atoms with Crippen molar-refractivity contribution in [1.82, 2.24) is 0 Å². The molecular formula is C27H37O11PS. The molecule has 0 heterocycles. The summed E-state index contributed by atoms with van der Waals surface area (Å²) in [5.74, 6) is 0.871. The Hall–Kier alpha value is -3.21. The zero-order chi connectivity index (χ0) is 29.8. The summed E-state index contributed by atoms with van der Waals surface area (Å²) in [5.41, 5.74) is 0.863. The van der Waals surface area contributed by atoms with Crippen molar-refractivity contribution >= 4 is 29.3 Å². The van der Waals surface area contributed by atoms with Gasteiger partial charge in [0.1, 0.15) is 17.2 Å². The number of sulfone groups is 1. The smallest absolute Gasteiger partial charge is 0.344 e. The third-order valence-corrected chi connectivity index (χ3v) is 7.43. The molecule has 11 nitrogen and oxygen atoms in total. The van der Waals surface area contributed by atoms with Crippen molar-refractivity contribution < 1.29 is 50.7 Å². The fraction of sp³-hybridized carbons (Fsp3) is 0.444. The third-order valence-electron chi connectivity index (χ3n) is 5.34. The minimum absolute atomic E-state index is 0.162. The molecule has 2 rings (SSSR count). The van der Waals surface area contributed by atoms with Crippen LogP contribution in [0, 0.1) is 0 Å². The van der Waals surface area contributed by atoms with E-state index >= 15 is 0 Å². The maximum atomic E-state index is 12.9. The topological polar surface area (TPSA) is 133 Å². The van der Waals surface area contributed by atoms with Gasteiger partial charge in [0.15, 0.2) is 35.3 Å². The Kier molecular flexibility index (Phi) is 12.8. The highest BCUT2D eigenvalue weighted by atomic mass is 32.2. The standard InChI is InChI=1S/C27H37O11PS/c1-32-21-16-24(34-3)22(25(17-21)35-4)11-14-40(30,31)19-20-9-10-23(33-2)26(15-20)37-18-27(28)36-12-7-8-13-38-39(5,6)29/h9-11,14-17H,7-8,12-13,18-19H2,1-6H3/b14-11+. The molecule has 0 aliphatic carbocycles. The van der Waals surface area contributed by atoms with Gasteiger partial charge in [-0.1, -0.05) is 6.07 Å². The number of unbranched alkanes of at least 4 members (excludes halogenated alkanes) is 1. The number of carbonyl (C=O) groups excluding carboxylic acids is 1. The second kappa shape index (κ2) is 15.5. The predicted molar refractivity (Wildman–Crippen MR) is 152 cm³/mol. The Morgan fingerprint density at radius 1 is 0.850 bits per heavy atom. The number of rotatable bonds is 17. The first-order valence-electron chi connectivity index (χ1n) is 12.3. The first-order chi connectivity index (χ1) is 18.9. The number of benzene rings is 2. The van der Waals surface area contributed by atoms with E-state index in [1.807, 2.05) is 0 Å². The van der Waals surface area contributed by atoms with E-state index in [0.717, 1.165) is 5.41 Å².